The van der Waals surface area contributed by atoms with Crippen molar-refractivity contribution in [2.75, 3.05) is 26.9 Å². The minimum atomic E-state index is 0.514. The molecule has 2 aromatic carbocycles. The number of ether oxygens (including phenoxy) is 3. The van der Waals surface area contributed by atoms with Gasteiger partial charge in [-0.2, -0.15) is 0 Å². The first-order valence-corrected chi connectivity index (χ1v) is 11.3. The third kappa shape index (κ3) is 4.33. The molecule has 0 spiro atoms. The number of aromatic nitrogens is 3. The number of hydrogen-bond donors (Lipinski definition) is 0. The maximum atomic E-state index is 6.19. The SMILES string of the molecule is COCCc1nc2cnc3c(OCc4ccccc4)cccc3c2n1CC1CCOCC1. The van der Waals surface area contributed by atoms with Crippen LogP contribution in [0.2, 0.25) is 0 Å². The van der Waals surface area contributed by atoms with Crippen LogP contribution in [-0.2, 0) is 29.0 Å². The Morgan fingerprint density at radius 3 is 2.72 bits per heavy atom. The van der Waals surface area contributed by atoms with E-state index in [1.807, 2.05) is 36.5 Å². The van der Waals surface area contributed by atoms with Gasteiger partial charge in [-0.3, -0.25) is 0 Å². The van der Waals surface area contributed by atoms with Gasteiger partial charge < -0.3 is 18.8 Å². The number of nitrogens with zero attached hydrogens (tertiary/aromatic N) is 3. The van der Waals surface area contributed by atoms with Gasteiger partial charge in [0.25, 0.3) is 0 Å². The number of benzene rings is 2. The molecule has 0 saturated carbocycles. The van der Waals surface area contributed by atoms with E-state index in [0.29, 0.717) is 19.1 Å². The molecule has 2 aromatic heterocycles. The molecule has 1 fully saturated rings. The number of fused-ring (bicyclic) bond motifs is 3. The van der Waals surface area contributed by atoms with Crippen molar-refractivity contribution in [2.45, 2.75) is 32.4 Å². The predicted molar refractivity (Wildman–Crippen MR) is 125 cm³/mol. The molecule has 32 heavy (non-hydrogen) atoms. The first-order chi connectivity index (χ1) is 15.8. The molecule has 0 unspecified atom stereocenters. The molecule has 0 amide bonds. The van der Waals surface area contributed by atoms with Gasteiger partial charge in [0.15, 0.2) is 0 Å². The maximum Gasteiger partial charge on any atom is 0.146 e. The summed E-state index contributed by atoms with van der Waals surface area (Å²) < 4.78 is 19.5. The fourth-order valence-electron chi connectivity index (χ4n) is 4.49. The third-order valence-electron chi connectivity index (χ3n) is 6.19. The van der Waals surface area contributed by atoms with Crippen LogP contribution in [0.15, 0.2) is 54.7 Å². The highest BCUT2D eigenvalue weighted by atomic mass is 16.5. The van der Waals surface area contributed by atoms with Gasteiger partial charge in [-0.15, -0.1) is 0 Å². The quantitative estimate of drug-likeness (QED) is 0.402. The number of methoxy groups -OCH3 is 1. The molecule has 6 nitrogen and oxygen atoms in total. The molecule has 4 aromatic rings. The fourth-order valence-corrected chi connectivity index (χ4v) is 4.49. The van der Waals surface area contributed by atoms with E-state index in [2.05, 4.69) is 22.8 Å². The Kier molecular flexibility index (Phi) is 6.32. The Labute approximate surface area is 188 Å². The molecule has 1 saturated heterocycles. The molecular formula is C26H29N3O3. The Balaban J connectivity index is 1.55. The summed E-state index contributed by atoms with van der Waals surface area (Å²) in [4.78, 5) is 9.69. The van der Waals surface area contributed by atoms with E-state index >= 15 is 0 Å². The van der Waals surface area contributed by atoms with Crippen LogP contribution in [0.1, 0.15) is 24.2 Å². The first-order valence-electron chi connectivity index (χ1n) is 11.3. The second kappa shape index (κ2) is 9.67. The van der Waals surface area contributed by atoms with E-state index < -0.39 is 0 Å². The van der Waals surface area contributed by atoms with Gasteiger partial charge in [-0.25, -0.2) is 9.97 Å². The predicted octanol–water partition coefficient (Wildman–Crippen LogP) is 4.78. The maximum absolute atomic E-state index is 6.19. The monoisotopic (exact) mass is 431 g/mol. The molecule has 3 heterocycles. The smallest absolute Gasteiger partial charge is 0.146 e. The standard InChI is InChI=1S/C26H29N3O3/c1-30-13-12-24-28-22-16-27-25-21(26(22)29(24)17-19-10-14-31-15-11-19)8-5-9-23(25)32-18-20-6-3-2-4-7-20/h2-9,16,19H,10-15,17-18H2,1H3. The Morgan fingerprint density at radius 1 is 1.06 bits per heavy atom. The molecule has 1 aliphatic rings. The average Bonchev–Trinajstić information content (AvgIpc) is 3.20. The van der Waals surface area contributed by atoms with E-state index in [1.165, 1.54) is 0 Å². The summed E-state index contributed by atoms with van der Waals surface area (Å²) in [5, 5.41) is 1.08. The van der Waals surface area contributed by atoms with Crippen LogP contribution in [0.4, 0.5) is 0 Å². The molecule has 166 valence electrons. The molecule has 5 rings (SSSR count). The average molecular weight is 432 g/mol. The number of rotatable bonds is 8. The zero-order chi connectivity index (χ0) is 21.8. The molecule has 0 atom stereocenters. The largest absolute Gasteiger partial charge is 0.487 e. The molecular weight excluding hydrogens is 402 g/mol. The summed E-state index contributed by atoms with van der Waals surface area (Å²) in [6, 6.07) is 16.4. The van der Waals surface area contributed by atoms with Crippen LogP contribution in [0, 0.1) is 5.92 Å². The Morgan fingerprint density at radius 2 is 1.91 bits per heavy atom. The van der Waals surface area contributed by atoms with Crippen molar-refractivity contribution in [1.82, 2.24) is 14.5 Å². The second-order valence-corrected chi connectivity index (χ2v) is 8.36. The number of hydrogen-bond acceptors (Lipinski definition) is 5. The summed E-state index contributed by atoms with van der Waals surface area (Å²) in [5.74, 6) is 2.44. The number of imidazole rings is 1. The van der Waals surface area contributed by atoms with Crippen molar-refractivity contribution in [2.24, 2.45) is 5.92 Å². The summed E-state index contributed by atoms with van der Waals surface area (Å²) in [5.41, 5.74) is 4.08. The van der Waals surface area contributed by atoms with Crippen molar-refractivity contribution in [3.8, 4) is 5.75 Å². The molecule has 0 radical (unpaired) electrons. The van der Waals surface area contributed by atoms with Crippen LogP contribution in [-0.4, -0.2) is 41.5 Å². The van der Waals surface area contributed by atoms with Crippen molar-refractivity contribution < 1.29 is 14.2 Å². The van der Waals surface area contributed by atoms with Gasteiger partial charge in [0, 0.05) is 38.7 Å². The molecule has 0 N–H and O–H groups in total. The van der Waals surface area contributed by atoms with Gasteiger partial charge in [-0.05, 0) is 30.4 Å². The summed E-state index contributed by atoms with van der Waals surface area (Å²) >= 11 is 0. The zero-order valence-corrected chi connectivity index (χ0v) is 18.5. The lowest BCUT2D eigenvalue weighted by molar-refractivity contribution is 0.0612. The fraction of sp³-hybridized carbons (Fsp3) is 0.385. The lowest BCUT2D eigenvalue weighted by Crippen LogP contribution is -2.21. The zero-order valence-electron chi connectivity index (χ0n) is 18.5. The van der Waals surface area contributed by atoms with Crippen molar-refractivity contribution in [3.63, 3.8) is 0 Å². The molecule has 0 bridgehead atoms. The molecule has 0 aliphatic carbocycles. The second-order valence-electron chi connectivity index (χ2n) is 8.36. The Bertz CT molecular complexity index is 1180. The highest BCUT2D eigenvalue weighted by Gasteiger charge is 2.21. The summed E-state index contributed by atoms with van der Waals surface area (Å²) in [6.07, 6.45) is 4.82. The highest BCUT2D eigenvalue weighted by Crippen LogP contribution is 2.32. The van der Waals surface area contributed by atoms with Crippen molar-refractivity contribution in [3.05, 3.63) is 66.1 Å². The summed E-state index contributed by atoms with van der Waals surface area (Å²) in [6.45, 7) is 3.77. The first kappa shape index (κ1) is 20.9. The van der Waals surface area contributed by atoms with Gasteiger partial charge in [0.1, 0.15) is 29.2 Å². The van der Waals surface area contributed by atoms with Crippen molar-refractivity contribution >= 4 is 21.9 Å². The molecule has 6 heteroatoms. The third-order valence-corrected chi connectivity index (χ3v) is 6.19. The lowest BCUT2D eigenvalue weighted by atomic mass is 10.00. The van der Waals surface area contributed by atoms with Gasteiger partial charge in [0.2, 0.25) is 0 Å². The normalized spacial score (nSPS) is 14.9. The van der Waals surface area contributed by atoms with Crippen molar-refractivity contribution in [1.29, 1.82) is 0 Å². The van der Waals surface area contributed by atoms with Crippen LogP contribution in [0.3, 0.4) is 0 Å². The minimum Gasteiger partial charge on any atom is -0.487 e. The van der Waals surface area contributed by atoms with Crippen LogP contribution < -0.4 is 4.74 Å². The van der Waals surface area contributed by atoms with Gasteiger partial charge >= 0.3 is 0 Å². The topological polar surface area (TPSA) is 58.4 Å². The van der Waals surface area contributed by atoms with Crippen LogP contribution in [0.25, 0.3) is 21.9 Å². The van der Waals surface area contributed by atoms with E-state index in [-0.39, 0.29) is 0 Å². The summed E-state index contributed by atoms with van der Waals surface area (Å²) in [7, 11) is 1.73. The number of para-hydroxylation sites is 1. The van der Waals surface area contributed by atoms with Crippen LogP contribution in [0.5, 0.6) is 5.75 Å². The van der Waals surface area contributed by atoms with E-state index in [1.54, 1.807) is 7.11 Å². The van der Waals surface area contributed by atoms with E-state index in [0.717, 1.165) is 78.1 Å². The Hall–Kier alpha value is -2.96. The highest BCUT2D eigenvalue weighted by molar-refractivity contribution is 6.04. The minimum absolute atomic E-state index is 0.514. The van der Waals surface area contributed by atoms with Gasteiger partial charge in [-0.1, -0.05) is 42.5 Å². The molecule has 1 aliphatic heterocycles. The number of pyridine rings is 1. The van der Waals surface area contributed by atoms with Gasteiger partial charge in [0.05, 0.1) is 18.3 Å². The lowest BCUT2D eigenvalue weighted by Gasteiger charge is -2.24. The van der Waals surface area contributed by atoms with Crippen LogP contribution >= 0.6 is 0 Å². The van der Waals surface area contributed by atoms with E-state index in [4.69, 9.17) is 24.2 Å². The van der Waals surface area contributed by atoms with E-state index in [9.17, 15) is 0 Å².